The molecular weight excluding hydrogens is 423 g/mol. The molecule has 164 valence electrons. The Morgan fingerprint density at radius 2 is 1.41 bits per heavy atom. The lowest BCUT2D eigenvalue weighted by atomic mass is 10.0. The van der Waals surface area contributed by atoms with E-state index in [9.17, 15) is 27.6 Å². The van der Waals surface area contributed by atoms with Crippen LogP contribution in [0, 0.1) is 0 Å². The van der Waals surface area contributed by atoms with Gasteiger partial charge in [0.1, 0.15) is 6.61 Å². The molecule has 1 amide bonds. The van der Waals surface area contributed by atoms with Crippen molar-refractivity contribution in [1.29, 1.82) is 0 Å². The van der Waals surface area contributed by atoms with E-state index in [2.05, 4.69) is 5.32 Å². The maximum atomic E-state index is 13.0. The predicted molar refractivity (Wildman–Crippen MR) is 110 cm³/mol. The first-order valence-corrected chi connectivity index (χ1v) is 9.53. The summed E-state index contributed by atoms with van der Waals surface area (Å²) in [6.07, 6.45) is -4.65. The van der Waals surface area contributed by atoms with Crippen LogP contribution in [-0.4, -0.2) is 23.7 Å². The number of nitrogens with one attached hydrogen (secondary N) is 1. The normalized spacial score (nSPS) is 12.0. The van der Waals surface area contributed by atoms with Crippen LogP contribution in [0.1, 0.15) is 31.8 Å². The summed E-state index contributed by atoms with van der Waals surface area (Å²) in [5.41, 5.74) is -0.571. The minimum absolute atomic E-state index is 0.138. The molecule has 1 unspecified atom stereocenters. The molecule has 0 spiro atoms. The number of amides is 1. The number of hydrogen-bond donors (Lipinski definition) is 1. The Morgan fingerprint density at radius 3 is 2.03 bits per heavy atom. The molecule has 0 fully saturated rings. The van der Waals surface area contributed by atoms with E-state index in [0.29, 0.717) is 11.6 Å². The molecule has 0 saturated carbocycles. The first-order chi connectivity index (χ1) is 15.3. The molecule has 5 nitrogen and oxygen atoms in total. The van der Waals surface area contributed by atoms with Gasteiger partial charge in [-0.15, -0.1) is 0 Å². The number of esters is 1. The highest BCUT2D eigenvalue weighted by Crippen LogP contribution is 2.29. The smallest absolute Gasteiger partial charge is 0.416 e. The van der Waals surface area contributed by atoms with Crippen LogP contribution in [0.5, 0.6) is 0 Å². The molecule has 0 bridgehead atoms. The summed E-state index contributed by atoms with van der Waals surface area (Å²) in [7, 11) is 0. The molecule has 1 atom stereocenters. The molecule has 0 aliphatic rings. The van der Waals surface area contributed by atoms with Crippen molar-refractivity contribution in [2.45, 2.75) is 18.8 Å². The molecule has 0 aromatic heterocycles. The highest BCUT2D eigenvalue weighted by molar-refractivity contribution is 6.14. The summed E-state index contributed by atoms with van der Waals surface area (Å²) >= 11 is 0. The monoisotopic (exact) mass is 441 g/mol. The number of ketones is 1. The second kappa shape index (κ2) is 9.91. The zero-order chi connectivity index (χ0) is 23.1. The van der Waals surface area contributed by atoms with Crippen molar-refractivity contribution in [2.24, 2.45) is 0 Å². The molecule has 0 heterocycles. The van der Waals surface area contributed by atoms with E-state index in [1.165, 1.54) is 12.1 Å². The summed E-state index contributed by atoms with van der Waals surface area (Å²) in [6, 6.07) is 18.4. The molecule has 3 aromatic carbocycles. The molecule has 0 aliphatic heterocycles. The highest BCUT2D eigenvalue weighted by Gasteiger charge is 2.33. The fraction of sp³-hybridized carbons (Fsp3) is 0.125. The molecular formula is C24H18F3NO4. The lowest BCUT2D eigenvalue weighted by Crippen LogP contribution is -2.47. The summed E-state index contributed by atoms with van der Waals surface area (Å²) in [4.78, 5) is 38.2. The number of halogens is 3. The van der Waals surface area contributed by atoms with Gasteiger partial charge in [0.05, 0.1) is 5.56 Å². The lowest BCUT2D eigenvalue weighted by molar-refractivity contribution is -0.146. The van der Waals surface area contributed by atoms with Gasteiger partial charge < -0.3 is 10.1 Å². The van der Waals surface area contributed by atoms with Crippen LogP contribution < -0.4 is 5.32 Å². The van der Waals surface area contributed by atoms with Crippen LogP contribution in [-0.2, 0) is 22.3 Å². The maximum Gasteiger partial charge on any atom is 0.416 e. The number of alkyl halides is 3. The van der Waals surface area contributed by atoms with Crippen LogP contribution in [0.15, 0.2) is 84.9 Å². The van der Waals surface area contributed by atoms with E-state index in [4.69, 9.17) is 4.74 Å². The second-order valence-corrected chi connectivity index (χ2v) is 6.81. The molecule has 32 heavy (non-hydrogen) atoms. The number of carbonyl (C=O) groups excluding carboxylic acids is 3. The van der Waals surface area contributed by atoms with Gasteiger partial charge in [0, 0.05) is 11.1 Å². The summed E-state index contributed by atoms with van der Waals surface area (Å²) in [5.74, 6) is -2.78. The van der Waals surface area contributed by atoms with Gasteiger partial charge in [-0.2, -0.15) is 13.2 Å². The van der Waals surface area contributed by atoms with Gasteiger partial charge in [0.25, 0.3) is 5.91 Å². The third-order valence-corrected chi connectivity index (χ3v) is 4.51. The zero-order valence-electron chi connectivity index (χ0n) is 16.6. The third-order valence-electron chi connectivity index (χ3n) is 4.51. The Kier molecular flexibility index (Phi) is 7.04. The van der Waals surface area contributed by atoms with Crippen molar-refractivity contribution in [3.8, 4) is 0 Å². The van der Waals surface area contributed by atoms with Crippen molar-refractivity contribution in [3.63, 3.8) is 0 Å². The van der Waals surface area contributed by atoms with Crippen LogP contribution in [0.3, 0.4) is 0 Å². The van der Waals surface area contributed by atoms with Crippen LogP contribution in [0.25, 0.3) is 0 Å². The molecule has 0 aliphatic carbocycles. The average Bonchev–Trinajstić information content (AvgIpc) is 2.81. The van der Waals surface area contributed by atoms with E-state index in [-0.39, 0.29) is 17.7 Å². The van der Waals surface area contributed by atoms with E-state index >= 15 is 0 Å². The van der Waals surface area contributed by atoms with Crippen molar-refractivity contribution in [2.75, 3.05) is 0 Å². The van der Waals surface area contributed by atoms with Gasteiger partial charge in [-0.1, -0.05) is 66.7 Å². The number of rotatable bonds is 7. The Morgan fingerprint density at radius 1 is 0.812 bits per heavy atom. The molecule has 8 heteroatoms. The van der Waals surface area contributed by atoms with Crippen LogP contribution in [0.2, 0.25) is 0 Å². The Balaban J connectivity index is 1.83. The van der Waals surface area contributed by atoms with Crippen LogP contribution >= 0.6 is 0 Å². The fourth-order valence-corrected chi connectivity index (χ4v) is 2.86. The number of ether oxygens (including phenoxy) is 1. The van der Waals surface area contributed by atoms with Gasteiger partial charge in [0.2, 0.25) is 0 Å². The van der Waals surface area contributed by atoms with E-state index in [1.807, 2.05) is 0 Å². The number of benzene rings is 3. The van der Waals surface area contributed by atoms with Crippen molar-refractivity contribution in [3.05, 3.63) is 107 Å². The first-order valence-electron chi connectivity index (χ1n) is 9.53. The topological polar surface area (TPSA) is 72.5 Å². The van der Waals surface area contributed by atoms with E-state index in [1.54, 1.807) is 48.5 Å². The minimum atomic E-state index is -4.65. The zero-order valence-corrected chi connectivity index (χ0v) is 16.6. The fourth-order valence-electron chi connectivity index (χ4n) is 2.86. The average molecular weight is 441 g/mol. The molecule has 1 N–H and O–H groups in total. The van der Waals surface area contributed by atoms with Gasteiger partial charge in [0.15, 0.2) is 11.8 Å². The number of Topliss-reactive ketones (excluding diaryl/α,β-unsaturated/α-hetero) is 1. The Bertz CT molecular complexity index is 1100. The molecule has 3 rings (SSSR count). The van der Waals surface area contributed by atoms with Gasteiger partial charge in [-0.3, -0.25) is 9.59 Å². The van der Waals surface area contributed by atoms with Gasteiger partial charge in [-0.25, -0.2) is 4.79 Å². The summed E-state index contributed by atoms with van der Waals surface area (Å²) in [6.45, 7) is -0.141. The Hall–Kier alpha value is -3.94. The Labute approximate surface area is 181 Å². The number of hydrogen-bond acceptors (Lipinski definition) is 4. The summed E-state index contributed by atoms with van der Waals surface area (Å²) < 4.78 is 44.1. The van der Waals surface area contributed by atoms with E-state index in [0.717, 1.165) is 18.2 Å². The lowest BCUT2D eigenvalue weighted by Gasteiger charge is -2.17. The summed E-state index contributed by atoms with van der Waals surface area (Å²) in [5, 5.41) is 2.22. The van der Waals surface area contributed by atoms with Crippen molar-refractivity contribution >= 4 is 17.7 Å². The SMILES string of the molecule is O=C(NC(C(=O)OCc1ccccc1)C(=O)c1ccccc1)c1cccc(C(F)(F)F)c1. The van der Waals surface area contributed by atoms with Gasteiger partial charge >= 0.3 is 12.1 Å². The largest absolute Gasteiger partial charge is 0.459 e. The van der Waals surface area contributed by atoms with Crippen molar-refractivity contribution < 1.29 is 32.3 Å². The highest BCUT2D eigenvalue weighted by atomic mass is 19.4. The van der Waals surface area contributed by atoms with Gasteiger partial charge in [-0.05, 0) is 23.8 Å². The standard InChI is InChI=1S/C24H18F3NO4/c25-24(26,27)19-13-7-12-18(14-19)22(30)28-20(21(29)17-10-5-2-6-11-17)23(31)32-15-16-8-3-1-4-9-16/h1-14,20H,15H2,(H,28,30). The third kappa shape index (κ3) is 5.81. The first kappa shape index (κ1) is 22.7. The maximum absolute atomic E-state index is 13.0. The van der Waals surface area contributed by atoms with E-state index < -0.39 is 35.4 Å². The number of carbonyl (C=O) groups is 3. The van der Waals surface area contributed by atoms with Crippen LogP contribution in [0.4, 0.5) is 13.2 Å². The predicted octanol–water partition coefficient (Wildman–Crippen LogP) is 4.43. The quantitative estimate of drug-likeness (QED) is 0.335. The minimum Gasteiger partial charge on any atom is -0.459 e. The molecule has 0 saturated heterocycles. The molecule has 0 radical (unpaired) electrons. The second-order valence-electron chi connectivity index (χ2n) is 6.81. The van der Waals surface area contributed by atoms with Crippen molar-refractivity contribution in [1.82, 2.24) is 5.32 Å². The molecule has 3 aromatic rings.